The van der Waals surface area contributed by atoms with Crippen molar-refractivity contribution in [3.63, 3.8) is 0 Å². The van der Waals surface area contributed by atoms with Crippen LogP contribution in [0.1, 0.15) is 16.7 Å². The summed E-state index contributed by atoms with van der Waals surface area (Å²) < 4.78 is 13.4. The van der Waals surface area contributed by atoms with Gasteiger partial charge in [-0.3, -0.25) is 0 Å². The molecule has 5 heteroatoms. The number of aryl methyl sites for hydroxylation is 1. The zero-order valence-corrected chi connectivity index (χ0v) is 12.4. The minimum Gasteiger partial charge on any atom is -0.397 e. The summed E-state index contributed by atoms with van der Waals surface area (Å²) in [4.78, 5) is 2.59. The molecule has 1 atom stereocenters. The van der Waals surface area contributed by atoms with Gasteiger partial charge in [-0.25, -0.2) is 4.39 Å². The van der Waals surface area contributed by atoms with Crippen molar-refractivity contribution in [3.05, 3.63) is 44.9 Å². The number of hydrogen-bond donors (Lipinski definition) is 2. The second-order valence-corrected chi connectivity index (χ2v) is 6.40. The molecule has 0 aliphatic heterocycles. The summed E-state index contributed by atoms with van der Waals surface area (Å²) >= 11 is 7.44. The highest BCUT2D eigenvalue weighted by Crippen LogP contribution is 2.27. The van der Waals surface area contributed by atoms with Gasteiger partial charge in [-0.05, 0) is 32.0 Å². The summed E-state index contributed by atoms with van der Waals surface area (Å²) in [5, 5.41) is 3.26. The third-order valence-electron chi connectivity index (χ3n) is 2.80. The zero-order valence-electron chi connectivity index (χ0n) is 10.8. The van der Waals surface area contributed by atoms with E-state index >= 15 is 0 Å². The first-order valence-corrected chi connectivity index (χ1v) is 7.21. The van der Waals surface area contributed by atoms with Gasteiger partial charge in [0, 0.05) is 28.3 Å². The molecule has 0 saturated heterocycles. The van der Waals surface area contributed by atoms with E-state index in [-0.39, 0.29) is 11.1 Å². The predicted octanol–water partition coefficient (Wildman–Crippen LogP) is 4.47. The molecule has 0 aliphatic rings. The minimum atomic E-state index is -0.461. The molecule has 2 aromatic rings. The summed E-state index contributed by atoms with van der Waals surface area (Å²) in [6, 6.07) is 7.16. The number of rotatable bonds is 4. The second-order valence-electron chi connectivity index (χ2n) is 4.62. The van der Waals surface area contributed by atoms with E-state index < -0.39 is 5.82 Å². The summed E-state index contributed by atoms with van der Waals surface area (Å²) in [7, 11) is 0. The van der Waals surface area contributed by atoms with E-state index in [4.69, 9.17) is 17.3 Å². The average molecular weight is 299 g/mol. The highest BCUT2D eigenvalue weighted by molar-refractivity contribution is 7.11. The molecule has 3 N–H and O–H groups in total. The van der Waals surface area contributed by atoms with Gasteiger partial charge < -0.3 is 11.1 Å². The Bertz CT molecular complexity index is 583. The van der Waals surface area contributed by atoms with Gasteiger partial charge >= 0.3 is 0 Å². The van der Waals surface area contributed by atoms with Crippen LogP contribution >= 0.6 is 22.9 Å². The van der Waals surface area contributed by atoms with Gasteiger partial charge in [-0.15, -0.1) is 11.3 Å². The van der Waals surface area contributed by atoms with E-state index in [0.717, 1.165) is 6.42 Å². The number of nitrogens with two attached hydrogens (primary N) is 1. The summed E-state index contributed by atoms with van der Waals surface area (Å²) in [6.07, 6.45) is 0.877. The van der Waals surface area contributed by atoms with Crippen molar-refractivity contribution >= 4 is 34.3 Å². The monoisotopic (exact) mass is 298 g/mol. The standard InChI is InChI=1S/C14H16ClFN2S/c1-8(5-10-4-3-9(2)19-10)18-14-7-12(16)11(15)6-13(14)17/h3-4,6-8,18H,5,17H2,1-2H3. The Kier molecular flexibility index (Phi) is 4.32. The summed E-state index contributed by atoms with van der Waals surface area (Å²) in [5.74, 6) is -0.461. The molecule has 1 aromatic carbocycles. The molecule has 1 heterocycles. The van der Waals surface area contributed by atoms with Gasteiger partial charge in [0.25, 0.3) is 0 Å². The molecule has 0 amide bonds. The Morgan fingerprint density at radius 2 is 2.16 bits per heavy atom. The molecule has 0 aliphatic carbocycles. The van der Waals surface area contributed by atoms with Crippen LogP contribution in [-0.4, -0.2) is 6.04 Å². The average Bonchev–Trinajstić information content (AvgIpc) is 2.71. The normalized spacial score (nSPS) is 12.4. The lowest BCUT2D eigenvalue weighted by Crippen LogP contribution is -2.18. The summed E-state index contributed by atoms with van der Waals surface area (Å²) in [6.45, 7) is 4.12. The molecule has 0 radical (unpaired) electrons. The van der Waals surface area contributed by atoms with E-state index in [2.05, 4.69) is 24.4 Å². The minimum absolute atomic E-state index is 0.0459. The van der Waals surface area contributed by atoms with Crippen LogP contribution in [0.3, 0.4) is 0 Å². The van der Waals surface area contributed by atoms with Crippen molar-refractivity contribution in [1.29, 1.82) is 0 Å². The third-order valence-corrected chi connectivity index (χ3v) is 4.11. The molecule has 0 spiro atoms. The van der Waals surface area contributed by atoms with Crippen LogP contribution in [0.5, 0.6) is 0 Å². The van der Waals surface area contributed by atoms with Crippen molar-refractivity contribution in [1.82, 2.24) is 0 Å². The lowest BCUT2D eigenvalue weighted by molar-refractivity contribution is 0.628. The molecular weight excluding hydrogens is 283 g/mol. The number of thiophene rings is 1. The van der Waals surface area contributed by atoms with Crippen molar-refractivity contribution in [2.24, 2.45) is 0 Å². The molecule has 102 valence electrons. The fourth-order valence-corrected chi connectivity index (χ4v) is 3.09. The maximum Gasteiger partial charge on any atom is 0.143 e. The van der Waals surface area contributed by atoms with Gasteiger partial charge in [0.2, 0.25) is 0 Å². The lowest BCUT2D eigenvalue weighted by atomic mass is 10.2. The fourth-order valence-electron chi connectivity index (χ4n) is 1.90. The fraction of sp³-hybridized carbons (Fsp3) is 0.286. The first kappa shape index (κ1) is 14.2. The molecule has 1 aromatic heterocycles. The van der Waals surface area contributed by atoms with Crippen molar-refractivity contribution in [3.8, 4) is 0 Å². The van der Waals surface area contributed by atoms with E-state index in [1.807, 2.05) is 6.92 Å². The van der Waals surface area contributed by atoms with Gasteiger partial charge in [0.15, 0.2) is 0 Å². The number of anilines is 2. The highest BCUT2D eigenvalue weighted by atomic mass is 35.5. The van der Waals surface area contributed by atoms with E-state index in [1.54, 1.807) is 11.3 Å². The molecule has 19 heavy (non-hydrogen) atoms. The Morgan fingerprint density at radius 1 is 1.42 bits per heavy atom. The van der Waals surface area contributed by atoms with Crippen molar-refractivity contribution in [2.75, 3.05) is 11.1 Å². The van der Waals surface area contributed by atoms with Crippen LogP contribution in [0, 0.1) is 12.7 Å². The predicted molar refractivity (Wildman–Crippen MR) is 81.7 cm³/mol. The second kappa shape index (κ2) is 5.80. The molecule has 2 rings (SSSR count). The molecule has 0 bridgehead atoms. The van der Waals surface area contributed by atoms with E-state index in [9.17, 15) is 4.39 Å². The lowest BCUT2D eigenvalue weighted by Gasteiger charge is -2.16. The number of benzene rings is 1. The molecule has 0 fully saturated rings. The van der Waals surface area contributed by atoms with Crippen LogP contribution in [0.2, 0.25) is 5.02 Å². The largest absolute Gasteiger partial charge is 0.397 e. The van der Waals surface area contributed by atoms with E-state index in [1.165, 1.54) is 21.9 Å². The Balaban J connectivity index is 2.06. The van der Waals surface area contributed by atoms with Crippen LogP contribution < -0.4 is 11.1 Å². The maximum absolute atomic E-state index is 13.4. The van der Waals surface area contributed by atoms with Gasteiger partial charge in [0.05, 0.1) is 16.4 Å². The van der Waals surface area contributed by atoms with E-state index in [0.29, 0.717) is 11.4 Å². The van der Waals surface area contributed by atoms with Gasteiger partial charge in [0.1, 0.15) is 5.82 Å². The topological polar surface area (TPSA) is 38.0 Å². The number of nitrogen functional groups attached to an aromatic ring is 1. The van der Waals surface area contributed by atoms with Crippen molar-refractivity contribution in [2.45, 2.75) is 26.3 Å². The van der Waals surface area contributed by atoms with Gasteiger partial charge in [-0.2, -0.15) is 0 Å². The molecule has 2 nitrogen and oxygen atoms in total. The van der Waals surface area contributed by atoms with Crippen LogP contribution in [0.4, 0.5) is 15.8 Å². The third kappa shape index (κ3) is 3.61. The Labute approximate surface area is 121 Å². The molecular formula is C14H16ClFN2S. The SMILES string of the molecule is Cc1ccc(CC(C)Nc2cc(F)c(Cl)cc2N)s1. The Hall–Kier alpha value is -1.26. The quantitative estimate of drug-likeness (QED) is 0.817. The number of halogens is 2. The number of hydrogen-bond acceptors (Lipinski definition) is 3. The first-order valence-electron chi connectivity index (χ1n) is 6.02. The number of nitrogens with one attached hydrogen (secondary N) is 1. The van der Waals surface area contributed by atoms with Crippen molar-refractivity contribution < 1.29 is 4.39 Å². The van der Waals surface area contributed by atoms with Crippen LogP contribution in [0.15, 0.2) is 24.3 Å². The Morgan fingerprint density at radius 3 is 2.79 bits per heavy atom. The maximum atomic E-state index is 13.4. The smallest absolute Gasteiger partial charge is 0.143 e. The first-order chi connectivity index (χ1) is 8.95. The summed E-state index contributed by atoms with van der Waals surface area (Å²) in [5.41, 5.74) is 6.87. The highest BCUT2D eigenvalue weighted by Gasteiger charge is 2.10. The zero-order chi connectivity index (χ0) is 14.0. The van der Waals surface area contributed by atoms with Crippen LogP contribution in [0.25, 0.3) is 0 Å². The van der Waals surface area contributed by atoms with Gasteiger partial charge in [-0.1, -0.05) is 11.6 Å². The molecule has 0 saturated carbocycles. The van der Waals surface area contributed by atoms with Crippen LogP contribution in [-0.2, 0) is 6.42 Å². The molecule has 1 unspecified atom stereocenters.